The Morgan fingerprint density at radius 3 is 2.90 bits per heavy atom. The summed E-state index contributed by atoms with van der Waals surface area (Å²) in [6, 6.07) is 14.1. The first-order chi connectivity index (χ1) is 9.72. The van der Waals surface area contributed by atoms with Crippen molar-refractivity contribution in [1.29, 1.82) is 0 Å². The Morgan fingerprint density at radius 1 is 1.25 bits per heavy atom. The number of benzene rings is 1. The number of nitrogens with zero attached hydrogens (tertiary/aromatic N) is 1. The molecular formula is C16H16N2OS. The summed E-state index contributed by atoms with van der Waals surface area (Å²) in [5.74, 6) is 0. The van der Waals surface area contributed by atoms with Gasteiger partial charge in [-0.15, -0.1) is 11.3 Å². The van der Waals surface area contributed by atoms with Crippen LogP contribution in [0.15, 0.2) is 48.7 Å². The standard InChI is InChI=1S/C16H16N2OS/c1-11-8-13(6-7-17-11)18-10-14(19)16-9-12-4-2-3-5-15(12)20-16/h2-9,14,19H,10H2,1H3,(H,17,18). The average molecular weight is 284 g/mol. The minimum Gasteiger partial charge on any atom is -0.386 e. The highest BCUT2D eigenvalue weighted by Crippen LogP contribution is 2.29. The number of fused-ring (bicyclic) bond motifs is 1. The van der Waals surface area contributed by atoms with Crippen molar-refractivity contribution in [2.45, 2.75) is 13.0 Å². The molecule has 3 nitrogen and oxygen atoms in total. The number of rotatable bonds is 4. The molecule has 0 fully saturated rings. The van der Waals surface area contributed by atoms with Gasteiger partial charge in [0.2, 0.25) is 0 Å². The van der Waals surface area contributed by atoms with Crippen molar-refractivity contribution < 1.29 is 5.11 Å². The lowest BCUT2D eigenvalue weighted by atomic mass is 10.2. The second kappa shape index (κ2) is 5.61. The molecule has 2 heterocycles. The fourth-order valence-electron chi connectivity index (χ4n) is 2.14. The van der Waals surface area contributed by atoms with Gasteiger partial charge in [0, 0.05) is 33.7 Å². The maximum Gasteiger partial charge on any atom is 0.105 e. The highest BCUT2D eigenvalue weighted by Gasteiger charge is 2.11. The maximum absolute atomic E-state index is 10.3. The molecule has 0 aliphatic heterocycles. The summed E-state index contributed by atoms with van der Waals surface area (Å²) in [5.41, 5.74) is 1.95. The summed E-state index contributed by atoms with van der Waals surface area (Å²) in [4.78, 5) is 5.14. The summed E-state index contributed by atoms with van der Waals surface area (Å²) in [6.07, 6.45) is 1.27. The molecule has 0 saturated heterocycles. The fourth-order valence-corrected chi connectivity index (χ4v) is 3.19. The Hall–Kier alpha value is -1.91. The van der Waals surface area contributed by atoms with Crippen LogP contribution in [0.2, 0.25) is 0 Å². The molecule has 2 aromatic heterocycles. The van der Waals surface area contributed by atoms with Crippen molar-refractivity contribution in [3.8, 4) is 0 Å². The Labute approximate surface area is 121 Å². The van der Waals surface area contributed by atoms with Crippen molar-refractivity contribution >= 4 is 27.1 Å². The van der Waals surface area contributed by atoms with Crippen LogP contribution in [-0.2, 0) is 0 Å². The number of pyridine rings is 1. The Kier molecular flexibility index (Phi) is 3.67. The number of aryl methyl sites for hydroxylation is 1. The smallest absolute Gasteiger partial charge is 0.105 e. The van der Waals surface area contributed by atoms with E-state index in [1.165, 1.54) is 10.1 Å². The van der Waals surface area contributed by atoms with Gasteiger partial charge in [-0.25, -0.2) is 0 Å². The average Bonchev–Trinajstić information content (AvgIpc) is 2.89. The summed E-state index contributed by atoms with van der Waals surface area (Å²) in [7, 11) is 0. The molecule has 20 heavy (non-hydrogen) atoms. The van der Waals surface area contributed by atoms with Gasteiger partial charge in [-0.1, -0.05) is 18.2 Å². The lowest BCUT2D eigenvalue weighted by Gasteiger charge is -2.11. The van der Waals surface area contributed by atoms with Crippen molar-refractivity contribution in [1.82, 2.24) is 4.98 Å². The quantitative estimate of drug-likeness (QED) is 0.767. The van der Waals surface area contributed by atoms with E-state index in [9.17, 15) is 5.11 Å². The lowest BCUT2D eigenvalue weighted by Crippen LogP contribution is -2.11. The molecule has 0 aliphatic carbocycles. The number of nitrogens with one attached hydrogen (secondary N) is 1. The molecule has 1 atom stereocenters. The fraction of sp³-hybridized carbons (Fsp3) is 0.188. The molecule has 0 saturated carbocycles. The predicted molar refractivity (Wildman–Crippen MR) is 84.2 cm³/mol. The van der Waals surface area contributed by atoms with E-state index in [-0.39, 0.29) is 0 Å². The van der Waals surface area contributed by atoms with E-state index in [0.29, 0.717) is 6.54 Å². The zero-order chi connectivity index (χ0) is 13.9. The van der Waals surface area contributed by atoms with Crippen molar-refractivity contribution in [3.63, 3.8) is 0 Å². The number of aliphatic hydroxyl groups excluding tert-OH is 1. The molecule has 0 radical (unpaired) electrons. The second-order valence-electron chi connectivity index (χ2n) is 4.77. The van der Waals surface area contributed by atoms with Gasteiger partial charge in [0.15, 0.2) is 0 Å². The Morgan fingerprint density at radius 2 is 2.10 bits per heavy atom. The third-order valence-electron chi connectivity index (χ3n) is 3.17. The van der Waals surface area contributed by atoms with E-state index in [1.807, 2.05) is 31.2 Å². The third kappa shape index (κ3) is 2.81. The summed E-state index contributed by atoms with van der Waals surface area (Å²) < 4.78 is 1.21. The van der Waals surface area contributed by atoms with E-state index in [4.69, 9.17) is 0 Å². The number of aromatic nitrogens is 1. The second-order valence-corrected chi connectivity index (χ2v) is 5.88. The van der Waals surface area contributed by atoms with Gasteiger partial charge in [-0.2, -0.15) is 0 Å². The summed E-state index contributed by atoms with van der Waals surface area (Å²) >= 11 is 1.64. The van der Waals surface area contributed by atoms with E-state index < -0.39 is 6.10 Å². The topological polar surface area (TPSA) is 45.1 Å². The minimum absolute atomic E-state index is 0.496. The molecule has 102 valence electrons. The van der Waals surface area contributed by atoms with Gasteiger partial charge in [0.25, 0.3) is 0 Å². The number of thiophene rings is 1. The lowest BCUT2D eigenvalue weighted by molar-refractivity contribution is 0.195. The van der Waals surface area contributed by atoms with Crippen molar-refractivity contribution in [3.05, 3.63) is 59.2 Å². The third-order valence-corrected chi connectivity index (χ3v) is 4.39. The largest absolute Gasteiger partial charge is 0.386 e. The number of aliphatic hydroxyl groups is 1. The molecule has 0 aliphatic rings. The van der Waals surface area contributed by atoms with Crippen LogP contribution in [0, 0.1) is 6.92 Å². The highest BCUT2D eigenvalue weighted by atomic mass is 32.1. The van der Waals surface area contributed by atoms with Crippen LogP contribution in [0.4, 0.5) is 5.69 Å². The van der Waals surface area contributed by atoms with Crippen LogP contribution in [0.3, 0.4) is 0 Å². The zero-order valence-electron chi connectivity index (χ0n) is 11.2. The van der Waals surface area contributed by atoms with Gasteiger partial charge < -0.3 is 10.4 Å². The SMILES string of the molecule is Cc1cc(NCC(O)c2cc3ccccc3s2)ccn1. The van der Waals surface area contributed by atoms with Crippen molar-refractivity contribution in [2.75, 3.05) is 11.9 Å². The number of hydrogen-bond donors (Lipinski definition) is 2. The van der Waals surface area contributed by atoms with Crippen LogP contribution in [0.5, 0.6) is 0 Å². The Balaban J connectivity index is 1.71. The molecule has 0 bridgehead atoms. The molecule has 1 aromatic carbocycles. The van der Waals surface area contributed by atoms with Gasteiger partial charge in [0.05, 0.1) is 0 Å². The normalized spacial score (nSPS) is 12.5. The molecule has 2 N–H and O–H groups in total. The van der Waals surface area contributed by atoms with Gasteiger partial charge in [-0.05, 0) is 36.6 Å². The molecule has 1 unspecified atom stereocenters. The minimum atomic E-state index is -0.499. The molecule has 0 spiro atoms. The van der Waals surface area contributed by atoms with E-state index in [2.05, 4.69) is 28.5 Å². The van der Waals surface area contributed by atoms with Gasteiger partial charge in [0.1, 0.15) is 6.10 Å². The first kappa shape index (κ1) is 13.1. The van der Waals surface area contributed by atoms with Crippen molar-refractivity contribution in [2.24, 2.45) is 0 Å². The maximum atomic E-state index is 10.3. The van der Waals surface area contributed by atoms with E-state index in [1.54, 1.807) is 17.5 Å². The van der Waals surface area contributed by atoms with E-state index in [0.717, 1.165) is 16.3 Å². The number of hydrogen-bond acceptors (Lipinski definition) is 4. The molecular weight excluding hydrogens is 268 g/mol. The molecule has 4 heteroatoms. The first-order valence-electron chi connectivity index (χ1n) is 6.55. The zero-order valence-corrected chi connectivity index (χ0v) is 12.0. The molecule has 3 rings (SSSR count). The van der Waals surface area contributed by atoms with Crippen LogP contribution < -0.4 is 5.32 Å². The Bertz CT molecular complexity index is 690. The number of anilines is 1. The summed E-state index contributed by atoms with van der Waals surface area (Å²) in [5, 5.41) is 14.7. The molecule has 3 aromatic rings. The summed E-state index contributed by atoms with van der Waals surface area (Å²) in [6.45, 7) is 2.45. The van der Waals surface area contributed by atoms with E-state index >= 15 is 0 Å². The predicted octanol–water partition coefficient (Wildman–Crippen LogP) is 3.75. The van der Waals surface area contributed by atoms with Crippen LogP contribution in [-0.4, -0.2) is 16.6 Å². The van der Waals surface area contributed by atoms with Gasteiger partial charge >= 0.3 is 0 Å². The van der Waals surface area contributed by atoms with Gasteiger partial charge in [-0.3, -0.25) is 4.98 Å². The monoisotopic (exact) mass is 284 g/mol. The van der Waals surface area contributed by atoms with Crippen LogP contribution in [0.1, 0.15) is 16.7 Å². The van der Waals surface area contributed by atoms with Crippen LogP contribution >= 0.6 is 11.3 Å². The first-order valence-corrected chi connectivity index (χ1v) is 7.37. The van der Waals surface area contributed by atoms with Crippen LogP contribution in [0.25, 0.3) is 10.1 Å². The molecule has 0 amide bonds. The highest BCUT2D eigenvalue weighted by molar-refractivity contribution is 7.19.